The molecule has 2 aromatic carbocycles. The van der Waals surface area contributed by atoms with Crippen LogP contribution in [-0.4, -0.2) is 29.8 Å². The number of amides is 1. The van der Waals surface area contributed by atoms with Crippen molar-refractivity contribution in [2.75, 3.05) is 6.61 Å². The molecule has 0 fully saturated rings. The first-order valence-electron chi connectivity index (χ1n) is 9.77. The number of rotatable bonds is 8. The van der Waals surface area contributed by atoms with Crippen molar-refractivity contribution in [1.29, 1.82) is 0 Å². The lowest BCUT2D eigenvalue weighted by molar-refractivity contribution is 0.0950. The molecule has 0 spiro atoms. The van der Waals surface area contributed by atoms with Crippen LogP contribution >= 0.6 is 11.3 Å². The topological polar surface area (TPSA) is 72.8 Å². The van der Waals surface area contributed by atoms with Gasteiger partial charge in [0.05, 0.1) is 18.9 Å². The van der Waals surface area contributed by atoms with E-state index in [1.165, 1.54) is 11.3 Å². The molecule has 6 nitrogen and oxygen atoms in total. The van der Waals surface area contributed by atoms with Gasteiger partial charge in [-0.2, -0.15) is 5.10 Å². The van der Waals surface area contributed by atoms with E-state index in [1.807, 2.05) is 76.2 Å². The lowest BCUT2D eigenvalue weighted by Gasteiger charge is -2.14. The molecule has 1 N–H and O–H groups in total. The molecule has 0 radical (unpaired) electrons. The highest BCUT2D eigenvalue weighted by molar-refractivity contribution is 7.15. The Labute approximate surface area is 180 Å². The number of aryl methyl sites for hydroxylation is 1. The smallest absolute Gasteiger partial charge is 0.291 e. The van der Waals surface area contributed by atoms with Crippen LogP contribution in [-0.2, 0) is 0 Å². The van der Waals surface area contributed by atoms with Crippen LogP contribution in [0.5, 0.6) is 11.5 Å². The first-order chi connectivity index (χ1) is 14.5. The summed E-state index contributed by atoms with van der Waals surface area (Å²) in [6.07, 6.45) is 1.62. The minimum Gasteiger partial charge on any atom is -0.490 e. The summed E-state index contributed by atoms with van der Waals surface area (Å²) in [5, 5.41) is 4.89. The number of nitrogens with zero attached hydrogens (tertiary/aromatic N) is 2. The SMILES string of the molecule is CCOc1cc(/C=N\NC(=O)c2nc(-c3ccccc3)sc2C)ccc1OC(C)C. The first-order valence-corrected chi connectivity index (χ1v) is 10.6. The number of thiazole rings is 1. The van der Waals surface area contributed by atoms with Crippen LogP contribution < -0.4 is 14.9 Å². The van der Waals surface area contributed by atoms with Crippen molar-refractivity contribution in [2.45, 2.75) is 33.8 Å². The highest BCUT2D eigenvalue weighted by atomic mass is 32.1. The maximum Gasteiger partial charge on any atom is 0.291 e. The quantitative estimate of drug-likeness (QED) is 0.406. The van der Waals surface area contributed by atoms with Crippen molar-refractivity contribution >= 4 is 23.5 Å². The lowest BCUT2D eigenvalue weighted by atomic mass is 10.2. The minimum atomic E-state index is -0.341. The monoisotopic (exact) mass is 423 g/mol. The summed E-state index contributed by atoms with van der Waals surface area (Å²) in [7, 11) is 0. The van der Waals surface area contributed by atoms with Gasteiger partial charge in [0.15, 0.2) is 11.5 Å². The molecule has 0 saturated carbocycles. The van der Waals surface area contributed by atoms with E-state index in [-0.39, 0.29) is 12.0 Å². The Hall–Kier alpha value is -3.19. The summed E-state index contributed by atoms with van der Waals surface area (Å²) < 4.78 is 11.4. The van der Waals surface area contributed by atoms with Gasteiger partial charge in [-0.25, -0.2) is 10.4 Å². The van der Waals surface area contributed by atoms with Gasteiger partial charge in [0.1, 0.15) is 10.7 Å². The third-order valence-corrected chi connectivity index (χ3v) is 5.06. The molecule has 1 heterocycles. The van der Waals surface area contributed by atoms with Crippen LogP contribution in [0.15, 0.2) is 53.6 Å². The highest BCUT2D eigenvalue weighted by Gasteiger charge is 2.16. The van der Waals surface area contributed by atoms with Crippen molar-refractivity contribution in [3.8, 4) is 22.1 Å². The zero-order valence-electron chi connectivity index (χ0n) is 17.5. The number of nitrogens with one attached hydrogen (secondary N) is 1. The molecule has 0 saturated heterocycles. The molecular formula is C23H25N3O3S. The summed E-state index contributed by atoms with van der Waals surface area (Å²) >= 11 is 1.49. The third kappa shape index (κ3) is 5.45. The predicted molar refractivity (Wildman–Crippen MR) is 121 cm³/mol. The third-order valence-electron chi connectivity index (χ3n) is 4.04. The van der Waals surface area contributed by atoms with Gasteiger partial charge in [-0.1, -0.05) is 30.3 Å². The van der Waals surface area contributed by atoms with Gasteiger partial charge in [0, 0.05) is 10.4 Å². The fourth-order valence-electron chi connectivity index (χ4n) is 2.75. The Morgan fingerprint density at radius 1 is 1.20 bits per heavy atom. The van der Waals surface area contributed by atoms with Crippen LogP contribution in [0.1, 0.15) is 41.7 Å². The molecule has 0 atom stereocenters. The molecular weight excluding hydrogens is 398 g/mol. The number of ether oxygens (including phenoxy) is 2. The molecule has 0 aliphatic heterocycles. The van der Waals surface area contributed by atoms with Gasteiger partial charge >= 0.3 is 0 Å². The zero-order valence-corrected chi connectivity index (χ0v) is 18.3. The van der Waals surface area contributed by atoms with Crippen molar-refractivity contribution in [1.82, 2.24) is 10.4 Å². The number of hydrogen-bond donors (Lipinski definition) is 1. The molecule has 0 aliphatic rings. The first kappa shape index (κ1) is 21.5. The van der Waals surface area contributed by atoms with E-state index in [9.17, 15) is 4.79 Å². The average Bonchev–Trinajstić information content (AvgIpc) is 3.12. The highest BCUT2D eigenvalue weighted by Crippen LogP contribution is 2.29. The molecule has 1 aromatic heterocycles. The maximum absolute atomic E-state index is 12.5. The van der Waals surface area contributed by atoms with Crippen molar-refractivity contribution in [3.05, 3.63) is 64.7 Å². The Bertz CT molecular complexity index is 1030. The fourth-order valence-corrected chi connectivity index (χ4v) is 3.67. The zero-order chi connectivity index (χ0) is 21.5. The Balaban J connectivity index is 1.70. The van der Waals surface area contributed by atoms with E-state index in [1.54, 1.807) is 6.21 Å². The lowest BCUT2D eigenvalue weighted by Crippen LogP contribution is -2.19. The number of carbonyl (C=O) groups is 1. The van der Waals surface area contributed by atoms with Crippen LogP contribution in [0, 0.1) is 6.92 Å². The van der Waals surface area contributed by atoms with Crippen LogP contribution in [0.3, 0.4) is 0 Å². The Kier molecular flexibility index (Phi) is 7.19. The Morgan fingerprint density at radius 3 is 2.67 bits per heavy atom. The number of carbonyl (C=O) groups excluding carboxylic acids is 1. The largest absolute Gasteiger partial charge is 0.490 e. The molecule has 30 heavy (non-hydrogen) atoms. The van der Waals surface area contributed by atoms with Gasteiger partial charge < -0.3 is 9.47 Å². The van der Waals surface area contributed by atoms with E-state index in [0.717, 1.165) is 21.0 Å². The van der Waals surface area contributed by atoms with Crippen LogP contribution in [0.2, 0.25) is 0 Å². The van der Waals surface area contributed by atoms with E-state index < -0.39 is 0 Å². The predicted octanol–water partition coefficient (Wildman–Crippen LogP) is 5.07. The number of benzene rings is 2. The second-order valence-corrected chi connectivity index (χ2v) is 8.00. The fraction of sp³-hybridized carbons (Fsp3) is 0.261. The van der Waals surface area contributed by atoms with Crippen molar-refractivity contribution in [2.24, 2.45) is 5.10 Å². The molecule has 0 aliphatic carbocycles. The van der Waals surface area contributed by atoms with Crippen molar-refractivity contribution < 1.29 is 14.3 Å². The van der Waals surface area contributed by atoms with E-state index in [0.29, 0.717) is 23.8 Å². The van der Waals surface area contributed by atoms with Gasteiger partial charge in [0.2, 0.25) is 0 Å². The van der Waals surface area contributed by atoms with Gasteiger partial charge in [-0.3, -0.25) is 4.79 Å². The number of hydrazone groups is 1. The van der Waals surface area contributed by atoms with E-state index in [2.05, 4.69) is 15.5 Å². The molecule has 7 heteroatoms. The second-order valence-electron chi connectivity index (χ2n) is 6.79. The normalized spacial score (nSPS) is 11.1. The summed E-state index contributed by atoms with van der Waals surface area (Å²) in [6, 6.07) is 15.3. The van der Waals surface area contributed by atoms with Gasteiger partial charge in [-0.15, -0.1) is 11.3 Å². The van der Waals surface area contributed by atoms with Gasteiger partial charge in [-0.05, 0) is 51.5 Å². The molecule has 0 unspecified atom stereocenters. The average molecular weight is 424 g/mol. The Morgan fingerprint density at radius 2 is 1.97 bits per heavy atom. The maximum atomic E-state index is 12.5. The van der Waals surface area contributed by atoms with E-state index in [4.69, 9.17) is 9.47 Å². The van der Waals surface area contributed by atoms with E-state index >= 15 is 0 Å². The summed E-state index contributed by atoms with van der Waals surface area (Å²) in [4.78, 5) is 17.8. The van der Waals surface area contributed by atoms with Crippen LogP contribution in [0.25, 0.3) is 10.6 Å². The van der Waals surface area contributed by atoms with Crippen LogP contribution in [0.4, 0.5) is 0 Å². The van der Waals surface area contributed by atoms with Crippen molar-refractivity contribution in [3.63, 3.8) is 0 Å². The molecule has 3 rings (SSSR count). The molecule has 3 aromatic rings. The molecule has 0 bridgehead atoms. The summed E-state index contributed by atoms with van der Waals surface area (Å²) in [5.74, 6) is 0.982. The summed E-state index contributed by atoms with van der Waals surface area (Å²) in [6.45, 7) is 8.25. The standard InChI is InChI=1S/C23H25N3O3S/c1-5-28-20-13-17(11-12-19(20)29-15(2)3)14-24-26-22(27)21-16(4)30-23(25-21)18-9-7-6-8-10-18/h6-15H,5H2,1-4H3,(H,26,27)/b24-14-. The number of aromatic nitrogens is 1. The van der Waals surface area contributed by atoms with Gasteiger partial charge in [0.25, 0.3) is 5.91 Å². The minimum absolute atomic E-state index is 0.0464. The molecule has 156 valence electrons. The number of hydrogen-bond acceptors (Lipinski definition) is 6. The molecule has 1 amide bonds. The summed E-state index contributed by atoms with van der Waals surface area (Å²) in [5.41, 5.74) is 4.71. The second kappa shape index (κ2) is 10.0.